The zero-order valence-electron chi connectivity index (χ0n) is 11.0. The monoisotopic (exact) mass is 228 g/mol. The molecule has 0 aromatic heterocycles. The van der Waals surface area contributed by atoms with Gasteiger partial charge in [-0.15, -0.1) is 0 Å². The van der Waals surface area contributed by atoms with Crippen LogP contribution < -0.4 is 0 Å². The van der Waals surface area contributed by atoms with Gasteiger partial charge < -0.3 is 10.1 Å². The molecule has 0 bridgehead atoms. The lowest BCUT2D eigenvalue weighted by molar-refractivity contribution is -0.250. The third kappa shape index (κ3) is 2.38. The molecule has 4 nitrogen and oxygen atoms in total. The second-order valence-electron chi connectivity index (χ2n) is 5.93. The van der Waals surface area contributed by atoms with E-state index < -0.39 is 0 Å². The number of hydrogen-bond acceptors (Lipinski definition) is 3. The molecule has 1 rings (SSSR count). The van der Waals surface area contributed by atoms with E-state index in [2.05, 4.69) is 0 Å². The number of piperidine rings is 1. The molecule has 4 heteroatoms. The van der Waals surface area contributed by atoms with Crippen molar-refractivity contribution in [3.63, 3.8) is 0 Å². The van der Waals surface area contributed by atoms with Crippen molar-refractivity contribution in [2.24, 2.45) is 0 Å². The lowest BCUT2D eigenvalue weighted by Gasteiger charge is -2.53. The van der Waals surface area contributed by atoms with E-state index in [4.69, 9.17) is 0 Å². The summed E-state index contributed by atoms with van der Waals surface area (Å²) in [6.07, 6.45) is 2.53. The minimum Gasteiger partial charge on any atom is -0.342 e. The molecule has 0 spiro atoms. The SMILES string of the molecule is CCN(C=O)C1CC(C)(C)N(O)C(C)(C)C1. The lowest BCUT2D eigenvalue weighted by Crippen LogP contribution is -2.62. The molecular formula is C12H24N2O2. The van der Waals surface area contributed by atoms with Crippen molar-refractivity contribution in [3.05, 3.63) is 0 Å². The molecule has 1 amide bonds. The van der Waals surface area contributed by atoms with E-state index >= 15 is 0 Å². The first-order chi connectivity index (χ1) is 7.24. The number of hydroxylamine groups is 2. The van der Waals surface area contributed by atoms with Gasteiger partial charge in [0.15, 0.2) is 0 Å². The van der Waals surface area contributed by atoms with Crippen LogP contribution in [0.15, 0.2) is 0 Å². The van der Waals surface area contributed by atoms with Crippen LogP contribution in [-0.2, 0) is 4.79 Å². The number of amides is 1. The molecule has 1 fully saturated rings. The van der Waals surface area contributed by atoms with E-state index in [1.54, 1.807) is 0 Å². The summed E-state index contributed by atoms with van der Waals surface area (Å²) in [6, 6.07) is 0.218. The van der Waals surface area contributed by atoms with Gasteiger partial charge in [0.1, 0.15) is 0 Å². The Balaban J connectivity index is 2.90. The second kappa shape index (κ2) is 4.34. The van der Waals surface area contributed by atoms with Gasteiger partial charge in [0.05, 0.1) is 0 Å². The summed E-state index contributed by atoms with van der Waals surface area (Å²) in [4.78, 5) is 12.8. The van der Waals surface area contributed by atoms with Crippen LogP contribution in [-0.4, -0.2) is 45.2 Å². The molecule has 0 unspecified atom stereocenters. The molecule has 16 heavy (non-hydrogen) atoms. The van der Waals surface area contributed by atoms with Crippen LogP contribution in [0.5, 0.6) is 0 Å². The minimum absolute atomic E-state index is 0.218. The van der Waals surface area contributed by atoms with Crippen LogP contribution in [0.1, 0.15) is 47.5 Å². The molecule has 0 atom stereocenters. The molecule has 0 aromatic carbocycles. The van der Waals surface area contributed by atoms with Crippen LogP contribution in [0, 0.1) is 0 Å². The van der Waals surface area contributed by atoms with Gasteiger partial charge in [-0.25, -0.2) is 0 Å². The van der Waals surface area contributed by atoms with Gasteiger partial charge in [-0.3, -0.25) is 4.79 Å². The van der Waals surface area contributed by atoms with Crippen LogP contribution in [0.3, 0.4) is 0 Å². The van der Waals surface area contributed by atoms with E-state index in [1.165, 1.54) is 5.06 Å². The van der Waals surface area contributed by atoms with Gasteiger partial charge in [-0.05, 0) is 47.5 Å². The fraction of sp³-hybridized carbons (Fsp3) is 0.917. The first-order valence-electron chi connectivity index (χ1n) is 5.95. The predicted molar refractivity (Wildman–Crippen MR) is 63.2 cm³/mol. The Labute approximate surface area is 98.2 Å². The second-order valence-corrected chi connectivity index (χ2v) is 5.93. The summed E-state index contributed by atoms with van der Waals surface area (Å²) in [5, 5.41) is 11.6. The molecule has 1 saturated heterocycles. The highest BCUT2D eigenvalue weighted by atomic mass is 16.5. The summed E-state index contributed by atoms with van der Waals surface area (Å²) >= 11 is 0. The Morgan fingerprint density at radius 1 is 1.31 bits per heavy atom. The first-order valence-corrected chi connectivity index (χ1v) is 5.95. The minimum atomic E-state index is -0.289. The molecule has 1 aliphatic rings. The maximum atomic E-state index is 11.0. The fourth-order valence-corrected chi connectivity index (χ4v) is 2.87. The average molecular weight is 228 g/mol. The van der Waals surface area contributed by atoms with E-state index in [-0.39, 0.29) is 17.1 Å². The summed E-state index contributed by atoms with van der Waals surface area (Å²) in [5.41, 5.74) is -0.578. The van der Waals surface area contributed by atoms with Gasteiger partial charge >= 0.3 is 0 Å². The molecule has 1 aliphatic heterocycles. The van der Waals surface area contributed by atoms with Gasteiger partial charge in [0, 0.05) is 23.7 Å². The molecular weight excluding hydrogens is 204 g/mol. The number of nitrogens with zero attached hydrogens (tertiary/aromatic N) is 2. The van der Waals surface area contributed by atoms with Gasteiger partial charge in [0.25, 0.3) is 0 Å². The van der Waals surface area contributed by atoms with Crippen LogP contribution in [0.25, 0.3) is 0 Å². The molecule has 0 aromatic rings. The Bertz CT molecular complexity index is 246. The third-order valence-corrected chi connectivity index (χ3v) is 3.59. The Kier molecular flexibility index (Phi) is 3.65. The van der Waals surface area contributed by atoms with Crippen molar-refractivity contribution in [1.29, 1.82) is 0 Å². The number of hydrogen-bond donors (Lipinski definition) is 1. The number of carbonyl (C=O) groups excluding carboxylic acids is 1. The summed E-state index contributed by atoms with van der Waals surface area (Å²) < 4.78 is 0. The number of carbonyl (C=O) groups is 1. The maximum absolute atomic E-state index is 11.0. The zero-order chi connectivity index (χ0) is 12.6. The van der Waals surface area contributed by atoms with Crippen LogP contribution >= 0.6 is 0 Å². The van der Waals surface area contributed by atoms with Crippen LogP contribution in [0.2, 0.25) is 0 Å². The average Bonchev–Trinajstić information content (AvgIpc) is 2.15. The number of rotatable bonds is 3. The van der Waals surface area contributed by atoms with Crippen molar-refractivity contribution in [1.82, 2.24) is 9.96 Å². The van der Waals surface area contributed by atoms with Crippen molar-refractivity contribution in [2.75, 3.05) is 6.54 Å². The summed E-state index contributed by atoms with van der Waals surface area (Å²) in [5.74, 6) is 0. The quantitative estimate of drug-likeness (QED) is 0.750. The lowest BCUT2D eigenvalue weighted by atomic mass is 9.78. The highest BCUT2D eigenvalue weighted by Gasteiger charge is 2.46. The van der Waals surface area contributed by atoms with E-state index in [9.17, 15) is 10.0 Å². The Morgan fingerprint density at radius 3 is 2.06 bits per heavy atom. The largest absolute Gasteiger partial charge is 0.342 e. The molecule has 1 heterocycles. The standard InChI is InChI=1S/C12H24N2O2/c1-6-13(9-15)10-7-11(2,3)14(16)12(4,5)8-10/h9-10,16H,6-8H2,1-5H3. The molecule has 0 radical (unpaired) electrons. The highest BCUT2D eigenvalue weighted by molar-refractivity contribution is 5.47. The van der Waals surface area contributed by atoms with E-state index in [1.807, 2.05) is 39.5 Å². The summed E-state index contributed by atoms with van der Waals surface area (Å²) in [7, 11) is 0. The van der Waals surface area contributed by atoms with Crippen molar-refractivity contribution >= 4 is 6.41 Å². The first kappa shape index (κ1) is 13.5. The van der Waals surface area contributed by atoms with Gasteiger partial charge in [-0.1, -0.05) is 0 Å². The fourth-order valence-electron chi connectivity index (χ4n) is 2.87. The van der Waals surface area contributed by atoms with Crippen LogP contribution in [0.4, 0.5) is 0 Å². The predicted octanol–water partition coefficient (Wildman–Crippen LogP) is 1.88. The maximum Gasteiger partial charge on any atom is 0.209 e. The topological polar surface area (TPSA) is 43.8 Å². The van der Waals surface area contributed by atoms with Gasteiger partial charge in [0.2, 0.25) is 6.41 Å². The highest BCUT2D eigenvalue weighted by Crippen LogP contribution is 2.38. The normalized spacial score (nSPS) is 25.4. The zero-order valence-corrected chi connectivity index (χ0v) is 11.0. The van der Waals surface area contributed by atoms with Crippen molar-refractivity contribution < 1.29 is 10.0 Å². The van der Waals surface area contributed by atoms with E-state index in [0.29, 0.717) is 0 Å². The third-order valence-electron chi connectivity index (χ3n) is 3.59. The summed E-state index contributed by atoms with van der Waals surface area (Å²) in [6.45, 7) is 10.8. The van der Waals surface area contributed by atoms with Gasteiger partial charge in [-0.2, -0.15) is 5.06 Å². The Hall–Kier alpha value is -0.610. The molecule has 94 valence electrons. The van der Waals surface area contributed by atoms with Crippen molar-refractivity contribution in [3.8, 4) is 0 Å². The molecule has 0 aliphatic carbocycles. The van der Waals surface area contributed by atoms with Crippen molar-refractivity contribution in [2.45, 2.75) is 64.6 Å². The molecule has 1 N–H and O–H groups in total. The Morgan fingerprint density at radius 2 is 1.75 bits per heavy atom. The van der Waals surface area contributed by atoms with E-state index in [0.717, 1.165) is 25.8 Å². The smallest absolute Gasteiger partial charge is 0.209 e. The molecule has 0 saturated carbocycles.